The van der Waals surface area contributed by atoms with Crippen LogP contribution < -0.4 is 15.4 Å². The Morgan fingerprint density at radius 1 is 0.949 bits per heavy atom. The van der Waals surface area contributed by atoms with E-state index in [2.05, 4.69) is 10.6 Å². The number of carboxylic acids is 1. The van der Waals surface area contributed by atoms with Crippen molar-refractivity contribution >= 4 is 23.3 Å². The van der Waals surface area contributed by atoms with Gasteiger partial charge < -0.3 is 20.5 Å². The van der Waals surface area contributed by atoms with Crippen LogP contribution in [-0.4, -0.2) is 42.0 Å². The number of anilines is 1. The van der Waals surface area contributed by atoms with Crippen LogP contribution in [0.5, 0.6) is 5.75 Å². The molecule has 39 heavy (non-hydrogen) atoms. The van der Waals surface area contributed by atoms with Gasteiger partial charge in [0.1, 0.15) is 18.4 Å². The molecule has 3 N–H and O–H groups in total. The van der Waals surface area contributed by atoms with Crippen LogP contribution in [0.25, 0.3) is 0 Å². The highest BCUT2D eigenvalue weighted by molar-refractivity contribution is 6.12. The smallest absolute Gasteiger partial charge is 0.326 e. The van der Waals surface area contributed by atoms with E-state index in [-0.39, 0.29) is 23.5 Å². The molecule has 4 rings (SSSR count). The number of nitrogens with one attached hydrogen (secondary N) is 2. The molecule has 0 aromatic heterocycles. The van der Waals surface area contributed by atoms with Gasteiger partial charge in [-0.2, -0.15) is 0 Å². The fraction of sp³-hybridized carbons (Fsp3) is 0.344. The number of para-hydroxylation sites is 1. The Hall–Kier alpha value is -4.13. The van der Waals surface area contributed by atoms with Gasteiger partial charge in [-0.15, -0.1) is 0 Å². The lowest BCUT2D eigenvalue weighted by Crippen LogP contribution is -2.39. The van der Waals surface area contributed by atoms with E-state index in [4.69, 9.17) is 4.74 Å². The first kappa shape index (κ1) is 27.9. The predicted molar refractivity (Wildman–Crippen MR) is 151 cm³/mol. The summed E-state index contributed by atoms with van der Waals surface area (Å²) < 4.78 is 5.77. The average Bonchev–Trinajstić information content (AvgIpc) is 3.75. The maximum Gasteiger partial charge on any atom is 0.326 e. The van der Waals surface area contributed by atoms with Crippen molar-refractivity contribution in [3.63, 3.8) is 0 Å². The molecule has 7 heteroatoms. The van der Waals surface area contributed by atoms with Crippen LogP contribution in [0, 0.1) is 11.3 Å². The van der Waals surface area contributed by atoms with Crippen LogP contribution in [0.1, 0.15) is 54.6 Å². The fourth-order valence-electron chi connectivity index (χ4n) is 4.61. The third-order valence-corrected chi connectivity index (χ3v) is 6.97. The van der Waals surface area contributed by atoms with Gasteiger partial charge >= 0.3 is 5.97 Å². The molecule has 1 unspecified atom stereocenters. The minimum atomic E-state index is -1.02. The highest BCUT2D eigenvalue weighted by atomic mass is 16.5. The summed E-state index contributed by atoms with van der Waals surface area (Å²) in [5.41, 5.74) is 1.87. The number of rotatable bonds is 14. The maximum absolute atomic E-state index is 13.0. The fourth-order valence-corrected chi connectivity index (χ4v) is 4.61. The predicted octanol–water partition coefficient (Wildman–Crippen LogP) is 5.35. The Morgan fingerprint density at radius 3 is 2.28 bits per heavy atom. The van der Waals surface area contributed by atoms with E-state index in [0.29, 0.717) is 41.6 Å². The van der Waals surface area contributed by atoms with Crippen LogP contribution in [0.4, 0.5) is 5.69 Å². The summed E-state index contributed by atoms with van der Waals surface area (Å²) in [5, 5.41) is 15.9. The first-order valence-electron chi connectivity index (χ1n) is 13.4. The number of amides is 1. The van der Waals surface area contributed by atoms with E-state index in [9.17, 15) is 19.5 Å². The highest BCUT2D eigenvalue weighted by Gasteiger charge is 2.35. The molecular formula is C32H36N2O5. The quantitative estimate of drug-likeness (QED) is 0.193. The van der Waals surface area contributed by atoms with Crippen molar-refractivity contribution in [1.82, 2.24) is 5.32 Å². The first-order valence-corrected chi connectivity index (χ1v) is 13.4. The van der Waals surface area contributed by atoms with Crippen LogP contribution in [-0.2, 0) is 16.0 Å². The molecule has 1 atom stereocenters. The molecular weight excluding hydrogens is 492 g/mol. The summed E-state index contributed by atoms with van der Waals surface area (Å²) in [4.78, 5) is 37.6. The minimum absolute atomic E-state index is 0.0487. The SMILES string of the molecule is CC(C)(CC1CC1)C(=O)NCCOc1ccc(CC(Nc2ccccc2C(=O)c2ccccc2)C(=O)O)cc1. The molecule has 0 saturated heterocycles. The number of carbonyl (C=O) groups is 3. The normalized spacial score (nSPS) is 13.8. The molecule has 0 aliphatic heterocycles. The van der Waals surface area contributed by atoms with E-state index in [1.807, 2.05) is 32.0 Å². The summed E-state index contributed by atoms with van der Waals surface area (Å²) in [5.74, 6) is 0.184. The first-order chi connectivity index (χ1) is 18.7. The van der Waals surface area contributed by atoms with Gasteiger partial charge in [-0.05, 0) is 42.2 Å². The molecule has 0 spiro atoms. The highest BCUT2D eigenvalue weighted by Crippen LogP contribution is 2.40. The van der Waals surface area contributed by atoms with E-state index < -0.39 is 12.0 Å². The zero-order valence-corrected chi connectivity index (χ0v) is 22.5. The molecule has 7 nitrogen and oxygen atoms in total. The Morgan fingerprint density at radius 2 is 1.62 bits per heavy atom. The van der Waals surface area contributed by atoms with Gasteiger partial charge in [-0.3, -0.25) is 9.59 Å². The molecule has 1 aliphatic carbocycles. The molecule has 0 bridgehead atoms. The third-order valence-electron chi connectivity index (χ3n) is 6.97. The van der Waals surface area contributed by atoms with Crippen LogP contribution in [0.2, 0.25) is 0 Å². The van der Waals surface area contributed by atoms with E-state index in [1.54, 1.807) is 60.7 Å². The third kappa shape index (κ3) is 7.93. The Bertz CT molecular complexity index is 1280. The van der Waals surface area contributed by atoms with Gasteiger partial charge in [0, 0.05) is 28.7 Å². The Balaban J connectivity index is 1.31. The number of hydrogen-bond acceptors (Lipinski definition) is 5. The van der Waals surface area contributed by atoms with Crippen molar-refractivity contribution in [2.75, 3.05) is 18.5 Å². The van der Waals surface area contributed by atoms with Crippen molar-refractivity contribution in [3.8, 4) is 5.75 Å². The monoisotopic (exact) mass is 528 g/mol. The molecule has 0 heterocycles. The van der Waals surface area contributed by atoms with Crippen molar-refractivity contribution in [1.29, 1.82) is 0 Å². The minimum Gasteiger partial charge on any atom is -0.492 e. The lowest BCUT2D eigenvalue weighted by atomic mass is 9.86. The zero-order chi connectivity index (χ0) is 27.8. The molecule has 0 radical (unpaired) electrons. The molecule has 3 aromatic rings. The maximum atomic E-state index is 13.0. The lowest BCUT2D eigenvalue weighted by molar-refractivity contribution is -0.138. The van der Waals surface area contributed by atoms with Crippen molar-refractivity contribution in [2.24, 2.45) is 11.3 Å². The number of ether oxygens (including phenoxy) is 1. The summed E-state index contributed by atoms with van der Waals surface area (Å²) in [6.07, 6.45) is 3.58. The largest absolute Gasteiger partial charge is 0.492 e. The molecule has 1 fully saturated rings. The zero-order valence-electron chi connectivity index (χ0n) is 22.5. The van der Waals surface area contributed by atoms with Gasteiger partial charge in [-0.1, -0.05) is 81.3 Å². The van der Waals surface area contributed by atoms with Crippen LogP contribution in [0.3, 0.4) is 0 Å². The molecule has 3 aromatic carbocycles. The number of carbonyl (C=O) groups excluding carboxylic acids is 2. The summed E-state index contributed by atoms with van der Waals surface area (Å²) >= 11 is 0. The average molecular weight is 529 g/mol. The van der Waals surface area contributed by atoms with Crippen molar-refractivity contribution < 1.29 is 24.2 Å². The second-order valence-electron chi connectivity index (χ2n) is 10.8. The summed E-state index contributed by atoms with van der Waals surface area (Å²) in [6.45, 7) is 4.73. The van der Waals surface area contributed by atoms with Crippen LogP contribution in [0.15, 0.2) is 78.9 Å². The van der Waals surface area contributed by atoms with Gasteiger partial charge in [-0.25, -0.2) is 4.79 Å². The second kappa shape index (κ2) is 12.6. The molecule has 204 valence electrons. The standard InChI is InChI=1S/C32H36N2O5/c1-32(2,21-23-12-13-23)31(38)33-18-19-39-25-16-14-22(15-17-25)20-28(30(36)37)34-27-11-7-6-10-26(27)29(35)24-8-4-3-5-9-24/h3-11,14-17,23,28,34H,12-13,18-21H2,1-2H3,(H,33,38)(H,36,37). The number of hydrogen-bond donors (Lipinski definition) is 3. The molecule has 1 saturated carbocycles. The van der Waals surface area contributed by atoms with Crippen molar-refractivity contribution in [2.45, 2.75) is 45.6 Å². The van der Waals surface area contributed by atoms with Gasteiger partial charge in [0.25, 0.3) is 0 Å². The number of aliphatic carboxylic acids is 1. The van der Waals surface area contributed by atoms with Crippen molar-refractivity contribution in [3.05, 3.63) is 95.6 Å². The van der Waals surface area contributed by atoms with Gasteiger partial charge in [0.2, 0.25) is 5.91 Å². The van der Waals surface area contributed by atoms with E-state index in [1.165, 1.54) is 12.8 Å². The summed E-state index contributed by atoms with van der Waals surface area (Å²) in [7, 11) is 0. The van der Waals surface area contributed by atoms with Gasteiger partial charge in [0.15, 0.2) is 5.78 Å². The number of ketones is 1. The second-order valence-corrected chi connectivity index (χ2v) is 10.8. The number of carboxylic acid groups (broad SMARTS) is 1. The molecule has 1 amide bonds. The number of benzene rings is 3. The lowest BCUT2D eigenvalue weighted by Gasteiger charge is -2.23. The van der Waals surface area contributed by atoms with E-state index in [0.717, 1.165) is 12.0 Å². The Labute approximate surface area is 229 Å². The van der Waals surface area contributed by atoms with E-state index >= 15 is 0 Å². The summed E-state index contributed by atoms with van der Waals surface area (Å²) in [6, 6.07) is 22.1. The topological polar surface area (TPSA) is 105 Å². The Kier molecular flexibility index (Phi) is 9.02. The molecule has 1 aliphatic rings. The van der Waals surface area contributed by atoms with Crippen LogP contribution >= 0.6 is 0 Å². The van der Waals surface area contributed by atoms with Gasteiger partial charge in [0.05, 0.1) is 6.54 Å².